The van der Waals surface area contributed by atoms with Crippen LogP contribution in [-0.2, 0) is 6.54 Å². The van der Waals surface area contributed by atoms with Crippen LogP contribution in [0, 0.1) is 0 Å². The predicted molar refractivity (Wildman–Crippen MR) is 220 cm³/mol. The fraction of sp³-hybridized carbons (Fsp3) is 0.0833. The summed E-state index contributed by atoms with van der Waals surface area (Å²) in [6, 6.07) is 39.0. The van der Waals surface area contributed by atoms with Gasteiger partial charge in [-0.15, -0.1) is 0 Å². The van der Waals surface area contributed by atoms with Crippen LogP contribution in [0.2, 0.25) is 0 Å². The number of benzene rings is 5. The van der Waals surface area contributed by atoms with Crippen molar-refractivity contribution in [2.45, 2.75) is 26.3 Å². The molecular weight excluding hydrogens is 621 g/mol. The fourth-order valence-corrected chi connectivity index (χ4v) is 7.56. The van der Waals surface area contributed by atoms with Gasteiger partial charge in [0.1, 0.15) is 5.75 Å². The molecule has 8 rings (SSSR count). The molecule has 0 spiro atoms. The van der Waals surface area contributed by atoms with E-state index in [1.54, 1.807) is 0 Å². The molecule has 3 heteroatoms. The highest BCUT2D eigenvalue weighted by Gasteiger charge is 2.19. The third-order valence-electron chi connectivity index (χ3n) is 10.0. The first kappa shape index (κ1) is 31.9. The van der Waals surface area contributed by atoms with Crippen LogP contribution in [0.15, 0.2) is 172 Å². The van der Waals surface area contributed by atoms with Crippen LogP contribution < -0.4 is 4.74 Å². The van der Waals surface area contributed by atoms with Gasteiger partial charge in [-0.25, -0.2) is 0 Å². The first-order valence-electron chi connectivity index (χ1n) is 17.6. The normalized spacial score (nSPS) is 15.2. The quantitative estimate of drug-likeness (QED) is 0.148. The average Bonchev–Trinajstić information content (AvgIpc) is 3.66. The Balaban J connectivity index is 1.24. The monoisotopic (exact) mass is 660 g/mol. The highest BCUT2D eigenvalue weighted by Crippen LogP contribution is 2.41. The molecule has 1 aliphatic rings. The molecule has 0 fully saturated rings. The first-order chi connectivity index (χ1) is 25.1. The number of ether oxygens (including phenoxy) is 1. The van der Waals surface area contributed by atoms with Crippen LogP contribution in [0.25, 0.3) is 66.0 Å². The Morgan fingerprint density at radius 3 is 2.24 bits per heavy atom. The molecule has 0 saturated carbocycles. The van der Waals surface area contributed by atoms with Gasteiger partial charge >= 0.3 is 0 Å². The second kappa shape index (κ2) is 13.5. The fourth-order valence-electron chi connectivity index (χ4n) is 7.56. The number of para-hydroxylation sites is 2. The maximum atomic E-state index is 6.46. The minimum absolute atomic E-state index is 0.698. The number of hydrogen-bond acceptors (Lipinski definition) is 1. The molecule has 5 aromatic carbocycles. The van der Waals surface area contributed by atoms with Gasteiger partial charge in [-0.1, -0.05) is 123 Å². The third kappa shape index (κ3) is 5.67. The first-order valence-corrected chi connectivity index (χ1v) is 17.6. The van der Waals surface area contributed by atoms with Crippen molar-refractivity contribution in [1.29, 1.82) is 0 Å². The van der Waals surface area contributed by atoms with Crippen molar-refractivity contribution in [2.75, 3.05) is 0 Å². The summed E-state index contributed by atoms with van der Waals surface area (Å²) in [5.41, 5.74) is 12.5. The van der Waals surface area contributed by atoms with E-state index in [1.165, 1.54) is 43.7 Å². The van der Waals surface area contributed by atoms with E-state index in [0.29, 0.717) is 6.54 Å². The van der Waals surface area contributed by atoms with Crippen molar-refractivity contribution in [3.63, 3.8) is 0 Å². The molecule has 1 aliphatic heterocycles. The Hall–Kier alpha value is -6.32. The van der Waals surface area contributed by atoms with Gasteiger partial charge in [-0.3, -0.25) is 0 Å². The Kier molecular flexibility index (Phi) is 8.47. The van der Waals surface area contributed by atoms with Gasteiger partial charge < -0.3 is 13.9 Å². The van der Waals surface area contributed by atoms with E-state index in [1.807, 2.05) is 30.6 Å². The lowest BCUT2D eigenvalue weighted by molar-refractivity contribution is 0.479. The number of hydrogen-bond donors (Lipinski definition) is 0. The lowest BCUT2D eigenvalue weighted by atomic mass is 9.94. The van der Waals surface area contributed by atoms with Crippen LogP contribution in [0.4, 0.5) is 0 Å². The number of rotatable bonds is 8. The lowest BCUT2D eigenvalue weighted by Gasteiger charge is -2.18. The number of allylic oxidation sites excluding steroid dienone is 10. The smallest absolute Gasteiger partial charge is 0.134 e. The van der Waals surface area contributed by atoms with E-state index < -0.39 is 0 Å². The molecule has 0 atom stereocenters. The average molecular weight is 661 g/mol. The van der Waals surface area contributed by atoms with Crippen molar-refractivity contribution in [2.24, 2.45) is 0 Å². The third-order valence-corrected chi connectivity index (χ3v) is 10.0. The molecule has 0 bridgehead atoms. The maximum Gasteiger partial charge on any atom is 0.134 e. The van der Waals surface area contributed by atoms with E-state index in [2.05, 4.69) is 157 Å². The van der Waals surface area contributed by atoms with E-state index in [0.717, 1.165) is 57.6 Å². The predicted octanol–water partition coefficient (Wildman–Crippen LogP) is 13.0. The molecule has 0 amide bonds. The Morgan fingerprint density at radius 1 is 0.745 bits per heavy atom. The zero-order valence-electron chi connectivity index (χ0n) is 29.0. The molecule has 3 nitrogen and oxygen atoms in total. The Labute approximate surface area is 299 Å². The SMILES string of the molecule is C=C/C=C(\C=C)n1c2ccccc2c2ccc(C(/C=C\C)=C/Cn3c4ccccc4c4cc5c(cc43)C(=C)CC/C(c3ccccc3)=C\O5)cc21. The molecule has 248 valence electrons. The minimum Gasteiger partial charge on any atom is -0.464 e. The highest BCUT2D eigenvalue weighted by atomic mass is 16.5. The number of aromatic nitrogens is 2. The zero-order chi connectivity index (χ0) is 34.9. The van der Waals surface area contributed by atoms with Gasteiger partial charge in [-0.05, 0) is 90.1 Å². The van der Waals surface area contributed by atoms with Crippen LogP contribution in [0.1, 0.15) is 36.5 Å². The van der Waals surface area contributed by atoms with Gasteiger partial charge in [0.2, 0.25) is 0 Å². The summed E-state index contributed by atoms with van der Waals surface area (Å²) < 4.78 is 11.2. The molecule has 0 radical (unpaired) electrons. The van der Waals surface area contributed by atoms with Crippen molar-refractivity contribution in [3.05, 3.63) is 188 Å². The molecule has 2 aromatic heterocycles. The molecule has 0 saturated heterocycles. The number of nitrogens with zero attached hydrogens (tertiary/aromatic N) is 2. The Morgan fingerprint density at radius 2 is 1.47 bits per heavy atom. The van der Waals surface area contributed by atoms with Gasteiger partial charge in [0.15, 0.2) is 0 Å². The van der Waals surface area contributed by atoms with Gasteiger partial charge in [-0.2, -0.15) is 0 Å². The lowest BCUT2D eigenvalue weighted by Crippen LogP contribution is -2.00. The van der Waals surface area contributed by atoms with Crippen LogP contribution in [0.5, 0.6) is 5.75 Å². The summed E-state index contributed by atoms with van der Waals surface area (Å²) >= 11 is 0. The molecule has 0 unspecified atom stereocenters. The van der Waals surface area contributed by atoms with Crippen molar-refractivity contribution in [1.82, 2.24) is 9.13 Å². The molecular formula is C48H40N2O. The van der Waals surface area contributed by atoms with Crippen molar-refractivity contribution >= 4 is 66.0 Å². The highest BCUT2D eigenvalue weighted by molar-refractivity contribution is 6.12. The summed E-state index contributed by atoms with van der Waals surface area (Å²) in [6.07, 6.45) is 16.1. The van der Waals surface area contributed by atoms with E-state index >= 15 is 0 Å². The van der Waals surface area contributed by atoms with Gasteiger partial charge in [0.25, 0.3) is 0 Å². The van der Waals surface area contributed by atoms with Gasteiger partial charge in [0.05, 0.1) is 22.8 Å². The van der Waals surface area contributed by atoms with Crippen LogP contribution in [-0.4, -0.2) is 9.13 Å². The van der Waals surface area contributed by atoms with Crippen LogP contribution in [0.3, 0.4) is 0 Å². The summed E-state index contributed by atoms with van der Waals surface area (Å²) in [5.74, 6) is 0.849. The largest absolute Gasteiger partial charge is 0.464 e. The summed E-state index contributed by atoms with van der Waals surface area (Å²) in [5, 5.41) is 4.80. The van der Waals surface area contributed by atoms with Crippen LogP contribution >= 0.6 is 0 Å². The van der Waals surface area contributed by atoms with E-state index in [-0.39, 0.29) is 0 Å². The molecule has 51 heavy (non-hydrogen) atoms. The molecule has 3 heterocycles. The van der Waals surface area contributed by atoms with E-state index in [4.69, 9.17) is 4.74 Å². The second-order valence-electron chi connectivity index (χ2n) is 13.0. The molecule has 0 aliphatic carbocycles. The maximum absolute atomic E-state index is 6.46. The van der Waals surface area contributed by atoms with E-state index in [9.17, 15) is 0 Å². The number of fused-ring (bicyclic) bond motifs is 7. The summed E-state index contributed by atoms with van der Waals surface area (Å²) in [6.45, 7) is 15.4. The standard InChI is InChI=1S/C48H40N2O/c1-5-15-34(36-25-26-41-39-19-12-14-22-45(39)50(47(41)29-36)38(7-3)16-6-2)27-28-49-44-21-13-11-20-40(44)43-31-48-42(30-46(43)49)33(4)23-24-37(32-51-48)35-17-9-8-10-18-35/h5-22,25-27,29-32H,2-4,23-24,28H2,1H3/b15-5-,34-27+,37-32+,38-16+. The van der Waals surface area contributed by atoms with Crippen molar-refractivity contribution < 1.29 is 4.74 Å². The second-order valence-corrected chi connectivity index (χ2v) is 13.0. The molecule has 0 N–H and O–H groups in total. The summed E-state index contributed by atoms with van der Waals surface area (Å²) in [7, 11) is 0. The van der Waals surface area contributed by atoms with Crippen molar-refractivity contribution in [3.8, 4) is 5.75 Å². The van der Waals surface area contributed by atoms with Gasteiger partial charge in [0, 0.05) is 44.9 Å². The minimum atomic E-state index is 0.698. The molecule has 7 aromatic rings. The topological polar surface area (TPSA) is 19.1 Å². The zero-order valence-corrected chi connectivity index (χ0v) is 29.0. The Bertz CT molecular complexity index is 2630. The summed E-state index contributed by atoms with van der Waals surface area (Å²) in [4.78, 5) is 0.